The number of halogens is 2. The van der Waals surface area contributed by atoms with E-state index in [2.05, 4.69) is 22.1 Å². The minimum Gasteiger partial charge on any atom is -0.352 e. The van der Waals surface area contributed by atoms with Crippen LogP contribution in [-0.2, 0) is 6.54 Å². The second kappa shape index (κ2) is 9.50. The van der Waals surface area contributed by atoms with Crippen molar-refractivity contribution in [3.05, 3.63) is 35.6 Å². The molecule has 0 spiro atoms. The fraction of sp³-hybridized carbons (Fsp3) is 0.533. The number of benzene rings is 1. The number of nitrogens with zero attached hydrogens (tertiary/aromatic N) is 2. The number of hydrogen-bond donors (Lipinski definition) is 1. The molecule has 0 aliphatic carbocycles. The van der Waals surface area contributed by atoms with Gasteiger partial charge < -0.3 is 10.2 Å². The zero-order valence-corrected chi connectivity index (χ0v) is 15.7. The molecule has 1 aliphatic rings. The van der Waals surface area contributed by atoms with Crippen LogP contribution in [-0.4, -0.2) is 42.0 Å². The average molecular weight is 423 g/mol. The highest BCUT2D eigenvalue weighted by Crippen LogP contribution is 2.21. The lowest BCUT2D eigenvalue weighted by Gasteiger charge is -2.34. The number of guanidine groups is 1. The molecule has 118 valence electrons. The van der Waals surface area contributed by atoms with Gasteiger partial charge in [0.15, 0.2) is 5.96 Å². The van der Waals surface area contributed by atoms with E-state index in [4.69, 9.17) is 0 Å². The first-order valence-corrected chi connectivity index (χ1v) is 8.10. The van der Waals surface area contributed by atoms with E-state index in [-0.39, 0.29) is 29.8 Å². The molecule has 1 N–H and O–H groups in total. The Labute approximate surface area is 147 Å². The van der Waals surface area contributed by atoms with Crippen molar-refractivity contribution in [1.82, 2.24) is 10.2 Å². The van der Waals surface area contributed by atoms with Gasteiger partial charge in [0.25, 0.3) is 0 Å². The third kappa shape index (κ3) is 5.32. The number of hydrogen-bond acceptors (Lipinski definition) is 2. The van der Waals surface area contributed by atoms with Crippen molar-refractivity contribution < 1.29 is 4.39 Å². The molecule has 0 aromatic heterocycles. The molecule has 1 saturated heterocycles. The molecule has 0 amide bonds. The van der Waals surface area contributed by atoms with Gasteiger partial charge in [0, 0.05) is 43.2 Å². The van der Waals surface area contributed by atoms with Gasteiger partial charge in [-0.2, -0.15) is 11.8 Å². The van der Waals surface area contributed by atoms with Crippen LogP contribution in [0.1, 0.15) is 18.9 Å². The zero-order valence-electron chi connectivity index (χ0n) is 12.5. The van der Waals surface area contributed by atoms with Crippen LogP contribution in [0.15, 0.2) is 29.3 Å². The van der Waals surface area contributed by atoms with Gasteiger partial charge >= 0.3 is 0 Å². The first-order valence-electron chi connectivity index (χ1n) is 7.05. The number of thioether (sulfide) groups is 1. The summed E-state index contributed by atoms with van der Waals surface area (Å²) < 4.78 is 13.6. The minimum absolute atomic E-state index is 0. The van der Waals surface area contributed by atoms with Crippen LogP contribution < -0.4 is 5.32 Å². The van der Waals surface area contributed by atoms with Gasteiger partial charge in [-0.1, -0.05) is 25.1 Å². The Kier molecular flexibility index (Phi) is 8.39. The summed E-state index contributed by atoms with van der Waals surface area (Å²) in [5.41, 5.74) is 0.673. The summed E-state index contributed by atoms with van der Waals surface area (Å²) in [4.78, 5) is 6.59. The summed E-state index contributed by atoms with van der Waals surface area (Å²) in [7, 11) is 1.78. The highest BCUT2D eigenvalue weighted by Gasteiger charge is 2.21. The van der Waals surface area contributed by atoms with Gasteiger partial charge in [-0.05, 0) is 12.5 Å². The predicted octanol–water partition coefficient (Wildman–Crippen LogP) is 3.35. The van der Waals surface area contributed by atoms with Crippen LogP contribution in [0.3, 0.4) is 0 Å². The number of rotatable bonds is 3. The molecule has 1 unspecified atom stereocenters. The summed E-state index contributed by atoms with van der Waals surface area (Å²) >= 11 is 2.03. The molecule has 6 heteroatoms. The van der Waals surface area contributed by atoms with Gasteiger partial charge in [0.2, 0.25) is 0 Å². The molecule has 0 radical (unpaired) electrons. The third-order valence-corrected chi connectivity index (χ3v) is 4.87. The van der Waals surface area contributed by atoms with Crippen LogP contribution >= 0.6 is 35.7 Å². The summed E-state index contributed by atoms with van der Waals surface area (Å²) in [6.45, 7) is 4.70. The first kappa shape index (κ1) is 18.5. The lowest BCUT2D eigenvalue weighted by molar-refractivity contribution is 0.407. The Morgan fingerprint density at radius 3 is 2.90 bits per heavy atom. The lowest BCUT2D eigenvalue weighted by Crippen LogP contribution is -2.47. The fourth-order valence-corrected chi connectivity index (χ4v) is 3.49. The number of nitrogens with one attached hydrogen (secondary N) is 1. The second-order valence-electron chi connectivity index (χ2n) is 4.84. The predicted molar refractivity (Wildman–Crippen MR) is 100 cm³/mol. The summed E-state index contributed by atoms with van der Waals surface area (Å²) in [6, 6.07) is 6.86. The zero-order chi connectivity index (χ0) is 14.4. The van der Waals surface area contributed by atoms with E-state index in [1.54, 1.807) is 19.2 Å². The van der Waals surface area contributed by atoms with Gasteiger partial charge in [0.1, 0.15) is 5.82 Å². The smallest absolute Gasteiger partial charge is 0.193 e. The van der Waals surface area contributed by atoms with E-state index >= 15 is 0 Å². The molecule has 2 rings (SSSR count). The van der Waals surface area contributed by atoms with E-state index < -0.39 is 0 Å². The van der Waals surface area contributed by atoms with Crippen molar-refractivity contribution in [3.8, 4) is 0 Å². The van der Waals surface area contributed by atoms with Crippen LogP contribution in [0.5, 0.6) is 0 Å². The Morgan fingerprint density at radius 1 is 1.48 bits per heavy atom. The molecule has 0 bridgehead atoms. The van der Waals surface area contributed by atoms with Gasteiger partial charge in [-0.25, -0.2) is 4.39 Å². The SMILES string of the molecule is CCC1CN(C(=NC)NCc2ccccc2F)CCS1.I. The fourth-order valence-electron chi connectivity index (χ4n) is 2.31. The van der Waals surface area contributed by atoms with Crippen molar-refractivity contribution in [2.24, 2.45) is 4.99 Å². The Balaban J connectivity index is 0.00000220. The second-order valence-corrected chi connectivity index (χ2v) is 6.25. The van der Waals surface area contributed by atoms with Crippen molar-refractivity contribution in [1.29, 1.82) is 0 Å². The van der Waals surface area contributed by atoms with E-state index in [9.17, 15) is 4.39 Å². The molecule has 1 heterocycles. The average Bonchev–Trinajstić information content (AvgIpc) is 2.50. The molecule has 1 aromatic carbocycles. The molecular weight excluding hydrogens is 400 g/mol. The van der Waals surface area contributed by atoms with Crippen LogP contribution in [0, 0.1) is 5.82 Å². The summed E-state index contributed by atoms with van der Waals surface area (Å²) in [6.07, 6.45) is 1.17. The molecule has 0 saturated carbocycles. The van der Waals surface area contributed by atoms with Gasteiger partial charge in [-0.15, -0.1) is 24.0 Å². The van der Waals surface area contributed by atoms with Crippen molar-refractivity contribution in [3.63, 3.8) is 0 Å². The molecule has 1 aliphatic heterocycles. The molecule has 3 nitrogen and oxygen atoms in total. The lowest BCUT2D eigenvalue weighted by atomic mass is 10.2. The maximum absolute atomic E-state index is 13.6. The topological polar surface area (TPSA) is 27.6 Å². The van der Waals surface area contributed by atoms with Crippen LogP contribution in [0.4, 0.5) is 4.39 Å². The summed E-state index contributed by atoms with van der Waals surface area (Å²) in [5.74, 6) is 1.82. The van der Waals surface area contributed by atoms with Crippen molar-refractivity contribution >= 4 is 41.7 Å². The highest BCUT2D eigenvalue weighted by molar-refractivity contribution is 14.0. The Morgan fingerprint density at radius 2 is 2.24 bits per heavy atom. The first-order chi connectivity index (χ1) is 9.74. The molecular formula is C15H23FIN3S. The standard InChI is InChI=1S/C15H22FN3S.HI/c1-3-13-11-19(8-9-20-13)15(17-2)18-10-12-6-4-5-7-14(12)16;/h4-7,13H,3,8-11H2,1-2H3,(H,17,18);1H. The van der Waals surface area contributed by atoms with Crippen LogP contribution in [0.25, 0.3) is 0 Å². The van der Waals surface area contributed by atoms with E-state index in [0.29, 0.717) is 17.4 Å². The highest BCUT2D eigenvalue weighted by atomic mass is 127. The Hall–Kier alpha value is -0.500. The van der Waals surface area contributed by atoms with E-state index in [0.717, 1.165) is 24.8 Å². The quantitative estimate of drug-likeness (QED) is 0.459. The normalized spacial score (nSPS) is 19.1. The Bertz CT molecular complexity index is 470. The van der Waals surface area contributed by atoms with Crippen LogP contribution in [0.2, 0.25) is 0 Å². The maximum atomic E-state index is 13.6. The maximum Gasteiger partial charge on any atom is 0.193 e. The monoisotopic (exact) mass is 423 g/mol. The van der Waals surface area contributed by atoms with E-state index in [1.165, 1.54) is 12.5 Å². The number of aliphatic imine (C=N–C) groups is 1. The van der Waals surface area contributed by atoms with Crippen molar-refractivity contribution in [2.45, 2.75) is 25.1 Å². The van der Waals surface area contributed by atoms with Gasteiger partial charge in [-0.3, -0.25) is 4.99 Å². The van der Waals surface area contributed by atoms with Gasteiger partial charge in [0.05, 0.1) is 0 Å². The third-order valence-electron chi connectivity index (χ3n) is 3.50. The molecule has 21 heavy (non-hydrogen) atoms. The largest absolute Gasteiger partial charge is 0.352 e. The molecule has 1 fully saturated rings. The summed E-state index contributed by atoms with van der Waals surface area (Å²) in [5, 5.41) is 3.93. The molecule has 1 atom stereocenters. The van der Waals surface area contributed by atoms with Crippen molar-refractivity contribution in [2.75, 3.05) is 25.9 Å². The van der Waals surface area contributed by atoms with E-state index in [1.807, 2.05) is 17.8 Å². The minimum atomic E-state index is -0.170. The molecule has 1 aromatic rings.